The Morgan fingerprint density at radius 3 is 2.21 bits per heavy atom. The molecule has 0 bridgehead atoms. The molecule has 0 spiro atoms. The van der Waals surface area contributed by atoms with Gasteiger partial charge in [0.1, 0.15) is 0 Å². The molecular weight excluding hydrogens is 397 g/mol. The number of benzene rings is 3. The van der Waals surface area contributed by atoms with E-state index in [1.807, 2.05) is 16.9 Å². The summed E-state index contributed by atoms with van der Waals surface area (Å²) in [6.45, 7) is 4.64. The number of fused-ring (bicyclic) bond motifs is 1. The maximum absolute atomic E-state index is 10.8. The summed E-state index contributed by atoms with van der Waals surface area (Å²) in [6.07, 6.45) is 0. The molecule has 29 heavy (non-hydrogen) atoms. The van der Waals surface area contributed by atoms with E-state index in [-0.39, 0.29) is 35.2 Å². The molecule has 1 aliphatic heterocycles. The molecule has 0 radical (unpaired) electrons. The van der Waals surface area contributed by atoms with E-state index in [1.54, 1.807) is 12.1 Å². The van der Waals surface area contributed by atoms with E-state index in [4.69, 9.17) is 0 Å². The predicted molar refractivity (Wildman–Crippen MR) is 111 cm³/mol. The van der Waals surface area contributed by atoms with Crippen molar-refractivity contribution in [2.75, 3.05) is 35.8 Å². The standard InChI is InChI=1S/C21H23N3O3S.Na/c25-28(26,27)22-19-8-10-20(11-9-19)24-14-12-23(13-15-24)16-18-6-3-5-17-4-1-2-7-21(17)18;/h1-11,22H,12-16H2,(H,25,26,27);/q;+1/p-1. The van der Waals surface area contributed by atoms with E-state index in [0.717, 1.165) is 38.4 Å². The van der Waals surface area contributed by atoms with Crippen LogP contribution in [0.5, 0.6) is 0 Å². The first-order valence-electron chi connectivity index (χ1n) is 9.26. The Labute approximate surface area is 193 Å². The van der Waals surface area contributed by atoms with Gasteiger partial charge in [-0.05, 0) is 40.6 Å². The third-order valence-corrected chi connectivity index (χ3v) is 5.61. The van der Waals surface area contributed by atoms with E-state index < -0.39 is 10.3 Å². The van der Waals surface area contributed by atoms with Gasteiger partial charge in [0, 0.05) is 44.1 Å². The topological polar surface area (TPSA) is 75.7 Å². The van der Waals surface area contributed by atoms with Gasteiger partial charge in [-0.3, -0.25) is 9.62 Å². The summed E-state index contributed by atoms with van der Waals surface area (Å²) in [6, 6.07) is 21.9. The molecule has 1 heterocycles. The van der Waals surface area contributed by atoms with Crippen molar-refractivity contribution < 1.29 is 42.5 Å². The smallest absolute Gasteiger partial charge is 0.731 e. The van der Waals surface area contributed by atoms with Crippen molar-refractivity contribution in [2.24, 2.45) is 0 Å². The average Bonchev–Trinajstić information content (AvgIpc) is 2.68. The Morgan fingerprint density at radius 1 is 0.862 bits per heavy atom. The van der Waals surface area contributed by atoms with Crippen LogP contribution < -0.4 is 39.2 Å². The number of rotatable bonds is 5. The zero-order valence-corrected chi connectivity index (χ0v) is 19.2. The van der Waals surface area contributed by atoms with Gasteiger partial charge in [-0.1, -0.05) is 42.5 Å². The zero-order valence-electron chi connectivity index (χ0n) is 16.4. The van der Waals surface area contributed by atoms with Crippen LogP contribution in [0.3, 0.4) is 0 Å². The second kappa shape index (κ2) is 9.47. The molecule has 6 nitrogen and oxygen atoms in total. The van der Waals surface area contributed by atoms with Crippen LogP contribution in [-0.2, 0) is 16.8 Å². The van der Waals surface area contributed by atoms with E-state index in [2.05, 4.69) is 52.3 Å². The van der Waals surface area contributed by atoms with Crippen LogP contribution in [0.25, 0.3) is 10.8 Å². The third kappa shape index (κ3) is 5.72. The molecule has 4 rings (SSSR count). The minimum Gasteiger partial charge on any atom is -0.731 e. The fraction of sp³-hybridized carbons (Fsp3) is 0.238. The predicted octanol–water partition coefficient (Wildman–Crippen LogP) is 0.0381. The maximum Gasteiger partial charge on any atom is 1.00 e. The molecule has 0 amide bonds. The second-order valence-electron chi connectivity index (χ2n) is 7.00. The largest absolute Gasteiger partial charge is 1.00 e. The zero-order chi connectivity index (χ0) is 19.6. The van der Waals surface area contributed by atoms with Crippen molar-refractivity contribution in [1.82, 2.24) is 4.90 Å². The molecular formula is C21H22N3NaO3S. The van der Waals surface area contributed by atoms with Crippen LogP contribution in [0.4, 0.5) is 11.4 Å². The molecule has 1 saturated heterocycles. The van der Waals surface area contributed by atoms with Gasteiger partial charge in [-0.15, -0.1) is 0 Å². The van der Waals surface area contributed by atoms with Crippen LogP contribution in [0.2, 0.25) is 0 Å². The van der Waals surface area contributed by atoms with Crippen LogP contribution in [-0.4, -0.2) is 44.0 Å². The van der Waals surface area contributed by atoms with Crippen LogP contribution in [0, 0.1) is 0 Å². The number of nitrogens with zero attached hydrogens (tertiary/aromatic N) is 2. The fourth-order valence-corrected chi connectivity index (χ4v) is 4.14. The van der Waals surface area contributed by atoms with Crippen molar-refractivity contribution >= 4 is 32.5 Å². The van der Waals surface area contributed by atoms with Gasteiger partial charge in [0.15, 0.2) is 10.3 Å². The van der Waals surface area contributed by atoms with E-state index in [9.17, 15) is 13.0 Å². The third-order valence-electron chi connectivity index (χ3n) is 5.12. The summed E-state index contributed by atoms with van der Waals surface area (Å²) in [7, 11) is -4.49. The number of hydrogen-bond donors (Lipinski definition) is 1. The van der Waals surface area contributed by atoms with Gasteiger partial charge < -0.3 is 9.45 Å². The molecule has 0 aromatic heterocycles. The van der Waals surface area contributed by atoms with Gasteiger partial charge in [0.2, 0.25) is 0 Å². The first kappa shape index (κ1) is 22.1. The van der Waals surface area contributed by atoms with Crippen LogP contribution in [0.15, 0.2) is 66.7 Å². The molecule has 1 aliphatic rings. The summed E-state index contributed by atoms with van der Waals surface area (Å²) < 4.78 is 34.3. The molecule has 0 atom stereocenters. The number of piperazine rings is 1. The Bertz CT molecular complexity index is 1060. The minimum atomic E-state index is -4.49. The monoisotopic (exact) mass is 419 g/mol. The number of anilines is 2. The molecule has 8 heteroatoms. The Hall–Kier alpha value is -1.61. The van der Waals surface area contributed by atoms with Crippen molar-refractivity contribution in [1.29, 1.82) is 0 Å². The van der Waals surface area contributed by atoms with Crippen LogP contribution >= 0.6 is 0 Å². The quantitative estimate of drug-likeness (QED) is 0.467. The van der Waals surface area contributed by atoms with E-state index in [1.165, 1.54) is 16.3 Å². The van der Waals surface area contributed by atoms with Gasteiger partial charge in [0.25, 0.3) is 0 Å². The first-order chi connectivity index (χ1) is 13.5. The Balaban J connectivity index is 0.00000240. The molecule has 0 unspecified atom stereocenters. The van der Waals surface area contributed by atoms with Crippen molar-refractivity contribution in [2.45, 2.75) is 6.54 Å². The van der Waals surface area contributed by atoms with Gasteiger partial charge in [-0.25, -0.2) is 8.42 Å². The number of hydrogen-bond acceptors (Lipinski definition) is 5. The second-order valence-corrected chi connectivity index (χ2v) is 8.12. The maximum atomic E-state index is 10.8. The van der Waals surface area contributed by atoms with Crippen molar-refractivity contribution in [3.63, 3.8) is 0 Å². The molecule has 1 fully saturated rings. The van der Waals surface area contributed by atoms with Gasteiger partial charge in [-0.2, -0.15) is 0 Å². The summed E-state index contributed by atoms with van der Waals surface area (Å²) in [4.78, 5) is 4.73. The normalized spacial score (nSPS) is 15.1. The fourth-order valence-electron chi connectivity index (χ4n) is 3.72. The molecule has 0 saturated carbocycles. The molecule has 3 aromatic rings. The van der Waals surface area contributed by atoms with Crippen LogP contribution in [0.1, 0.15) is 5.56 Å². The average molecular weight is 419 g/mol. The van der Waals surface area contributed by atoms with Crippen molar-refractivity contribution in [3.05, 3.63) is 72.3 Å². The molecule has 1 N–H and O–H groups in total. The molecule has 3 aromatic carbocycles. The van der Waals surface area contributed by atoms with Crippen molar-refractivity contribution in [3.8, 4) is 0 Å². The molecule has 0 aliphatic carbocycles. The SMILES string of the molecule is O=S(=O)([O-])Nc1ccc(N2CCN(Cc3cccc4ccccc34)CC2)cc1.[Na+]. The Kier molecular flexibility index (Phi) is 7.21. The number of nitrogens with one attached hydrogen (secondary N) is 1. The summed E-state index contributed by atoms with van der Waals surface area (Å²) >= 11 is 0. The van der Waals surface area contributed by atoms with Gasteiger partial charge >= 0.3 is 29.6 Å². The molecule has 146 valence electrons. The summed E-state index contributed by atoms with van der Waals surface area (Å²) in [5.74, 6) is 0. The van der Waals surface area contributed by atoms with Gasteiger partial charge in [0.05, 0.1) is 0 Å². The first-order valence-corrected chi connectivity index (χ1v) is 10.7. The van der Waals surface area contributed by atoms with E-state index >= 15 is 0 Å². The summed E-state index contributed by atoms with van der Waals surface area (Å²) in [5.41, 5.74) is 2.66. The Morgan fingerprint density at radius 2 is 1.52 bits per heavy atom. The minimum absolute atomic E-state index is 0. The summed E-state index contributed by atoms with van der Waals surface area (Å²) in [5, 5.41) is 2.58. The van der Waals surface area contributed by atoms with E-state index in [0.29, 0.717) is 0 Å².